The van der Waals surface area contributed by atoms with Crippen LogP contribution in [0.5, 0.6) is 0 Å². The van der Waals surface area contributed by atoms with Gasteiger partial charge in [-0.1, -0.05) is 99.6 Å². The number of unbranched alkanes of at least 4 members (excludes halogenated alkanes) is 8. The largest absolute Gasteiger partial charge is 0.353 e. The third kappa shape index (κ3) is 36.8. The Labute approximate surface area is 243 Å². The Balaban J connectivity index is 0. The van der Waals surface area contributed by atoms with Gasteiger partial charge in [0.15, 0.2) is 6.29 Å². The van der Waals surface area contributed by atoms with Gasteiger partial charge in [0.1, 0.15) is 0 Å². The zero-order valence-corrected chi connectivity index (χ0v) is 26.2. The molecule has 0 heterocycles. The van der Waals surface area contributed by atoms with E-state index in [1.165, 1.54) is 44.9 Å². The summed E-state index contributed by atoms with van der Waals surface area (Å²) in [5.41, 5.74) is 0. The predicted octanol–water partition coefficient (Wildman–Crippen LogP) is 11.8. The molecule has 0 rings (SSSR count). The molecule has 0 amide bonds. The lowest BCUT2D eigenvalue weighted by molar-refractivity contribution is -0.140. The van der Waals surface area contributed by atoms with Crippen LogP contribution in [0.2, 0.25) is 0 Å². The van der Waals surface area contributed by atoms with Crippen molar-refractivity contribution in [1.82, 2.24) is 0 Å². The first-order valence-electron chi connectivity index (χ1n) is 15.5. The minimum Gasteiger partial charge on any atom is -0.353 e. The van der Waals surface area contributed by atoms with Gasteiger partial charge in [0.05, 0.1) is 0 Å². The van der Waals surface area contributed by atoms with Crippen LogP contribution in [0, 0.1) is 0 Å². The van der Waals surface area contributed by atoms with E-state index in [0.717, 1.165) is 70.5 Å². The van der Waals surface area contributed by atoms with Gasteiger partial charge in [0.25, 0.3) is 0 Å². The molecule has 0 aromatic carbocycles. The van der Waals surface area contributed by atoms with E-state index >= 15 is 0 Å². The number of ether oxygens (including phenoxy) is 2. The van der Waals surface area contributed by atoms with Gasteiger partial charge in [-0.25, -0.2) is 0 Å². The van der Waals surface area contributed by atoms with E-state index in [0.29, 0.717) is 0 Å². The molecule has 0 bridgehead atoms. The molecule has 220 valence electrons. The molecular formula is C35H61ClO2. The molecule has 0 aliphatic carbocycles. The molecule has 3 heteroatoms. The zero-order chi connectivity index (χ0) is 28.2. The van der Waals surface area contributed by atoms with Crippen LogP contribution in [0.3, 0.4) is 0 Å². The second-order valence-corrected chi connectivity index (χ2v) is 9.52. The highest BCUT2D eigenvalue weighted by atomic mass is 35.5. The Morgan fingerprint density at radius 2 is 0.895 bits per heavy atom. The van der Waals surface area contributed by atoms with Crippen LogP contribution in [-0.4, -0.2) is 25.4 Å². The highest BCUT2D eigenvalue weighted by Gasteiger charge is 2.06. The van der Waals surface area contributed by atoms with E-state index in [1.807, 2.05) is 13.8 Å². The first kappa shape index (κ1) is 38.8. The van der Waals surface area contributed by atoms with Crippen molar-refractivity contribution in [2.24, 2.45) is 0 Å². The Hall–Kier alpha value is -1.35. The van der Waals surface area contributed by atoms with Crippen molar-refractivity contribution in [3.63, 3.8) is 0 Å². The summed E-state index contributed by atoms with van der Waals surface area (Å²) in [6.45, 7) is 9.81. The molecule has 0 aliphatic heterocycles. The van der Waals surface area contributed by atoms with Crippen LogP contribution >= 0.6 is 11.6 Å². The predicted molar refractivity (Wildman–Crippen MR) is 173 cm³/mol. The van der Waals surface area contributed by atoms with Gasteiger partial charge in [-0.05, 0) is 97.3 Å². The first-order chi connectivity index (χ1) is 18.8. The lowest BCUT2D eigenvalue weighted by Crippen LogP contribution is -2.17. The van der Waals surface area contributed by atoms with Crippen molar-refractivity contribution < 1.29 is 9.47 Å². The summed E-state index contributed by atoms with van der Waals surface area (Å²) >= 11 is 5.60. The molecule has 0 saturated carbocycles. The van der Waals surface area contributed by atoms with E-state index < -0.39 is 0 Å². The van der Waals surface area contributed by atoms with Crippen molar-refractivity contribution in [2.75, 3.05) is 19.1 Å². The zero-order valence-electron chi connectivity index (χ0n) is 25.4. The van der Waals surface area contributed by atoms with E-state index in [-0.39, 0.29) is 6.29 Å². The number of hydrogen-bond acceptors (Lipinski definition) is 2. The maximum atomic E-state index is 5.60. The Kier molecular flexibility index (Phi) is 38.6. The average Bonchev–Trinajstić information content (AvgIpc) is 2.92. The van der Waals surface area contributed by atoms with Gasteiger partial charge in [-0.3, -0.25) is 0 Å². The maximum Gasteiger partial charge on any atom is 0.157 e. The van der Waals surface area contributed by atoms with Crippen LogP contribution in [0.1, 0.15) is 124 Å². The Morgan fingerprint density at radius 3 is 1.34 bits per heavy atom. The van der Waals surface area contributed by atoms with E-state index in [4.69, 9.17) is 21.1 Å². The fraction of sp³-hybridized carbons (Fsp3) is 0.657. The number of hydrogen-bond donors (Lipinski definition) is 0. The molecule has 0 N–H and O–H groups in total. The molecule has 0 unspecified atom stereocenters. The van der Waals surface area contributed by atoms with E-state index in [9.17, 15) is 0 Å². The SMILES string of the molecule is CC/C=C/C=C\CC/C=C\CCCCCC(OCC)OCC.CC/C=C/C=C\CC/C=C\CCCCCCl. The first-order valence-corrected chi connectivity index (χ1v) is 16.0. The molecule has 0 saturated heterocycles. The van der Waals surface area contributed by atoms with E-state index in [1.54, 1.807) is 0 Å². The molecule has 0 aliphatic rings. The van der Waals surface area contributed by atoms with Crippen LogP contribution in [0.25, 0.3) is 0 Å². The molecule has 0 aromatic rings. The molecule has 0 atom stereocenters. The second kappa shape index (κ2) is 37.8. The fourth-order valence-corrected chi connectivity index (χ4v) is 3.69. The normalized spacial score (nSPS) is 12.5. The van der Waals surface area contributed by atoms with Gasteiger partial charge in [-0.2, -0.15) is 0 Å². The fourth-order valence-electron chi connectivity index (χ4n) is 3.51. The highest BCUT2D eigenvalue weighted by molar-refractivity contribution is 6.17. The summed E-state index contributed by atoms with van der Waals surface area (Å²) in [7, 11) is 0. The summed E-state index contributed by atoms with van der Waals surface area (Å²) in [6.07, 6.45) is 44.1. The van der Waals surface area contributed by atoms with Gasteiger partial charge >= 0.3 is 0 Å². The standard InChI is InChI=1S/C20H36O2.C15H25Cl/c1-4-7-8-9-10-11-12-13-14-15-16-17-18-19-20(21-5-2)22-6-3;1-2-3-4-5-6-7-8-9-10-11-12-13-14-15-16/h7-10,13-14,20H,4-6,11-12,15-19H2,1-3H3;3-6,9-10H,2,7-8,11-15H2,1H3/b8-7+,10-9-,14-13-;4-3+,6-5-,10-9-. The van der Waals surface area contributed by atoms with Crippen molar-refractivity contribution in [1.29, 1.82) is 0 Å². The summed E-state index contributed by atoms with van der Waals surface area (Å²) in [4.78, 5) is 0. The van der Waals surface area contributed by atoms with Crippen LogP contribution in [0.4, 0.5) is 0 Å². The van der Waals surface area contributed by atoms with Gasteiger partial charge in [0.2, 0.25) is 0 Å². The monoisotopic (exact) mass is 548 g/mol. The summed E-state index contributed by atoms with van der Waals surface area (Å²) < 4.78 is 11.1. The Bertz CT molecular complexity index is 595. The van der Waals surface area contributed by atoms with Crippen LogP contribution in [-0.2, 0) is 9.47 Å². The lowest BCUT2D eigenvalue weighted by Gasteiger charge is -2.16. The average molecular weight is 549 g/mol. The number of alkyl halides is 1. The second-order valence-electron chi connectivity index (χ2n) is 9.14. The smallest absolute Gasteiger partial charge is 0.157 e. The van der Waals surface area contributed by atoms with Crippen molar-refractivity contribution in [3.8, 4) is 0 Å². The van der Waals surface area contributed by atoms with Crippen molar-refractivity contribution in [3.05, 3.63) is 72.9 Å². The molecule has 0 aromatic heterocycles. The molecule has 0 fully saturated rings. The Morgan fingerprint density at radius 1 is 0.474 bits per heavy atom. The molecule has 0 spiro atoms. The molecule has 0 radical (unpaired) electrons. The van der Waals surface area contributed by atoms with Gasteiger partial charge in [-0.15, -0.1) is 11.6 Å². The maximum absolute atomic E-state index is 5.60. The van der Waals surface area contributed by atoms with Crippen LogP contribution in [0.15, 0.2) is 72.9 Å². The van der Waals surface area contributed by atoms with E-state index in [2.05, 4.69) is 86.8 Å². The molecule has 2 nitrogen and oxygen atoms in total. The number of halogens is 1. The minimum atomic E-state index is -0.000845. The topological polar surface area (TPSA) is 18.5 Å². The molecular weight excluding hydrogens is 488 g/mol. The number of rotatable bonds is 25. The van der Waals surface area contributed by atoms with Crippen molar-refractivity contribution >= 4 is 11.6 Å². The summed E-state index contributed by atoms with van der Waals surface area (Å²) in [5.74, 6) is 0.805. The van der Waals surface area contributed by atoms with Crippen LogP contribution < -0.4 is 0 Å². The molecule has 38 heavy (non-hydrogen) atoms. The minimum absolute atomic E-state index is 0.000845. The number of allylic oxidation sites excluding steroid dienone is 12. The lowest BCUT2D eigenvalue weighted by atomic mass is 10.1. The van der Waals surface area contributed by atoms with Crippen molar-refractivity contribution in [2.45, 2.75) is 130 Å². The highest BCUT2D eigenvalue weighted by Crippen LogP contribution is 2.10. The quantitative estimate of drug-likeness (QED) is 0.0371. The third-order valence-electron chi connectivity index (χ3n) is 5.59. The summed E-state index contributed by atoms with van der Waals surface area (Å²) in [5, 5.41) is 0. The summed E-state index contributed by atoms with van der Waals surface area (Å²) in [6, 6.07) is 0. The van der Waals surface area contributed by atoms with Gasteiger partial charge in [0, 0.05) is 19.1 Å². The third-order valence-corrected chi connectivity index (χ3v) is 5.86. The van der Waals surface area contributed by atoms with Gasteiger partial charge < -0.3 is 9.47 Å².